The molecule has 7 heteroatoms. The third-order valence-corrected chi connectivity index (χ3v) is 3.61. The molecule has 1 aromatic carbocycles. The molecule has 0 aliphatic heterocycles. The molecule has 1 amide bonds. The number of nitrogens with one attached hydrogen (secondary N) is 1. The number of alkyl halides is 3. The molecule has 22 heavy (non-hydrogen) atoms. The first-order valence-corrected chi connectivity index (χ1v) is 7.12. The van der Waals surface area contributed by atoms with Crippen LogP contribution in [0.25, 0.3) is 0 Å². The lowest BCUT2D eigenvalue weighted by molar-refractivity contribution is -0.137. The van der Waals surface area contributed by atoms with Gasteiger partial charge in [-0.05, 0) is 37.1 Å². The molecule has 2 rings (SSSR count). The van der Waals surface area contributed by atoms with Crippen molar-refractivity contribution >= 4 is 5.91 Å². The maximum Gasteiger partial charge on any atom is 0.416 e. The first-order chi connectivity index (χ1) is 10.4. The summed E-state index contributed by atoms with van der Waals surface area (Å²) in [6.45, 7) is -0.0354. The molecule has 1 aliphatic carbocycles. The SMILES string of the molecule is O=C(NC[C@H](O)COc1ccc(C(F)(F)F)cc1)C1CCC1. The molecule has 1 atom stereocenters. The van der Waals surface area contributed by atoms with Gasteiger partial charge in [0, 0.05) is 12.5 Å². The summed E-state index contributed by atoms with van der Waals surface area (Å²) < 4.78 is 42.4. The highest BCUT2D eigenvalue weighted by Gasteiger charge is 2.30. The molecule has 1 saturated carbocycles. The summed E-state index contributed by atoms with van der Waals surface area (Å²) in [5, 5.41) is 12.3. The topological polar surface area (TPSA) is 58.6 Å². The highest BCUT2D eigenvalue weighted by molar-refractivity contribution is 5.79. The second kappa shape index (κ2) is 7.00. The van der Waals surface area contributed by atoms with E-state index in [0.717, 1.165) is 31.4 Å². The lowest BCUT2D eigenvalue weighted by Crippen LogP contribution is -2.40. The maximum absolute atomic E-state index is 12.4. The Kier molecular flexibility index (Phi) is 5.28. The van der Waals surface area contributed by atoms with Gasteiger partial charge in [0.2, 0.25) is 5.91 Å². The van der Waals surface area contributed by atoms with Crippen LogP contribution in [0.1, 0.15) is 24.8 Å². The molecule has 0 bridgehead atoms. The number of hydrogen-bond donors (Lipinski definition) is 2. The lowest BCUT2D eigenvalue weighted by atomic mass is 9.85. The summed E-state index contributed by atoms with van der Waals surface area (Å²) in [6.07, 6.45) is -2.48. The first kappa shape index (κ1) is 16.6. The number of hydrogen-bond acceptors (Lipinski definition) is 3. The smallest absolute Gasteiger partial charge is 0.416 e. The molecule has 2 N–H and O–H groups in total. The van der Waals surface area contributed by atoms with Crippen LogP contribution in [0.3, 0.4) is 0 Å². The number of amides is 1. The second-order valence-electron chi connectivity index (χ2n) is 5.36. The van der Waals surface area contributed by atoms with Crippen LogP contribution in [-0.2, 0) is 11.0 Å². The number of benzene rings is 1. The molecule has 1 aliphatic rings. The Morgan fingerprint density at radius 3 is 2.45 bits per heavy atom. The number of carbonyl (C=O) groups is 1. The van der Waals surface area contributed by atoms with Crippen molar-refractivity contribution in [3.63, 3.8) is 0 Å². The Hall–Kier alpha value is -1.76. The van der Waals surface area contributed by atoms with E-state index in [2.05, 4.69) is 5.32 Å². The molecule has 4 nitrogen and oxygen atoms in total. The quantitative estimate of drug-likeness (QED) is 0.847. The van der Waals surface area contributed by atoms with Gasteiger partial charge in [0.1, 0.15) is 18.5 Å². The number of rotatable bonds is 6. The summed E-state index contributed by atoms with van der Waals surface area (Å²) in [7, 11) is 0. The average Bonchev–Trinajstić information content (AvgIpc) is 2.40. The van der Waals surface area contributed by atoms with Gasteiger partial charge in [-0.1, -0.05) is 6.42 Å². The molecule has 0 radical (unpaired) electrons. The zero-order valence-electron chi connectivity index (χ0n) is 11.9. The van der Waals surface area contributed by atoms with Crippen LogP contribution in [0.2, 0.25) is 0 Å². The van der Waals surface area contributed by atoms with Crippen molar-refractivity contribution in [2.45, 2.75) is 31.5 Å². The molecule has 1 fully saturated rings. The van der Waals surface area contributed by atoms with Crippen molar-refractivity contribution in [1.29, 1.82) is 0 Å². The summed E-state index contributed by atoms with van der Waals surface area (Å²) >= 11 is 0. The standard InChI is InChI=1S/C15H18F3NO3/c16-15(17,18)11-4-6-13(7-5-11)22-9-12(20)8-19-14(21)10-2-1-3-10/h4-7,10,12,20H,1-3,8-9H2,(H,19,21)/t12-/m0/s1. The van der Waals surface area contributed by atoms with E-state index in [4.69, 9.17) is 4.74 Å². The van der Waals surface area contributed by atoms with Crippen molar-refractivity contribution in [2.24, 2.45) is 5.92 Å². The van der Waals surface area contributed by atoms with Crippen molar-refractivity contribution in [2.75, 3.05) is 13.2 Å². The van der Waals surface area contributed by atoms with Crippen LogP contribution >= 0.6 is 0 Å². The average molecular weight is 317 g/mol. The number of aliphatic hydroxyl groups excluding tert-OH is 1. The highest BCUT2D eigenvalue weighted by atomic mass is 19.4. The Morgan fingerprint density at radius 2 is 1.95 bits per heavy atom. The van der Waals surface area contributed by atoms with Gasteiger partial charge in [-0.25, -0.2) is 0 Å². The van der Waals surface area contributed by atoms with Crippen molar-refractivity contribution < 1.29 is 27.8 Å². The van der Waals surface area contributed by atoms with E-state index in [1.807, 2.05) is 0 Å². The van der Waals surface area contributed by atoms with E-state index >= 15 is 0 Å². The second-order valence-corrected chi connectivity index (χ2v) is 5.36. The van der Waals surface area contributed by atoms with Crippen LogP contribution in [0, 0.1) is 5.92 Å². The summed E-state index contributed by atoms with van der Waals surface area (Å²) in [5.74, 6) is 0.209. The van der Waals surface area contributed by atoms with Crippen molar-refractivity contribution in [3.05, 3.63) is 29.8 Å². The zero-order valence-corrected chi connectivity index (χ0v) is 11.9. The third kappa shape index (κ3) is 4.62. The molecule has 0 heterocycles. The van der Waals surface area contributed by atoms with Crippen LogP contribution < -0.4 is 10.1 Å². The minimum atomic E-state index is -4.39. The monoisotopic (exact) mass is 317 g/mol. The molecular weight excluding hydrogens is 299 g/mol. The van der Waals surface area contributed by atoms with Crippen molar-refractivity contribution in [1.82, 2.24) is 5.32 Å². The third-order valence-electron chi connectivity index (χ3n) is 3.61. The number of aliphatic hydroxyl groups is 1. The van der Waals surface area contributed by atoms with Gasteiger partial charge in [0.05, 0.1) is 5.56 Å². The first-order valence-electron chi connectivity index (χ1n) is 7.12. The molecular formula is C15H18F3NO3. The van der Waals surface area contributed by atoms with E-state index in [1.54, 1.807) is 0 Å². The lowest BCUT2D eigenvalue weighted by Gasteiger charge is -2.24. The summed E-state index contributed by atoms with van der Waals surface area (Å²) in [5.41, 5.74) is -0.756. The predicted molar refractivity (Wildman–Crippen MR) is 73.3 cm³/mol. The van der Waals surface area contributed by atoms with Gasteiger partial charge in [-0.2, -0.15) is 13.2 Å². The molecule has 0 saturated heterocycles. The Labute approximate surface area is 126 Å². The van der Waals surface area contributed by atoms with Gasteiger partial charge in [-0.15, -0.1) is 0 Å². The highest BCUT2D eigenvalue weighted by Crippen LogP contribution is 2.30. The van der Waals surface area contributed by atoms with E-state index in [-0.39, 0.29) is 30.7 Å². The maximum atomic E-state index is 12.4. The van der Waals surface area contributed by atoms with Gasteiger partial charge < -0.3 is 15.2 Å². The minimum Gasteiger partial charge on any atom is -0.491 e. The number of carbonyl (C=O) groups excluding carboxylic acids is 1. The largest absolute Gasteiger partial charge is 0.491 e. The van der Waals surface area contributed by atoms with E-state index in [9.17, 15) is 23.1 Å². The predicted octanol–water partition coefficient (Wildman–Crippen LogP) is 2.36. The Balaban J connectivity index is 1.71. The van der Waals surface area contributed by atoms with Gasteiger partial charge in [0.25, 0.3) is 0 Å². The fourth-order valence-corrected chi connectivity index (χ4v) is 2.02. The molecule has 0 aromatic heterocycles. The van der Waals surface area contributed by atoms with Gasteiger partial charge in [-0.3, -0.25) is 4.79 Å². The van der Waals surface area contributed by atoms with Gasteiger partial charge >= 0.3 is 6.18 Å². The minimum absolute atomic E-state index is 0.0445. The Morgan fingerprint density at radius 1 is 1.32 bits per heavy atom. The summed E-state index contributed by atoms with van der Waals surface area (Å²) in [4.78, 5) is 11.6. The van der Waals surface area contributed by atoms with Gasteiger partial charge in [0.15, 0.2) is 0 Å². The zero-order chi connectivity index (χ0) is 16.2. The van der Waals surface area contributed by atoms with E-state index < -0.39 is 17.8 Å². The number of ether oxygens (including phenoxy) is 1. The van der Waals surface area contributed by atoms with E-state index in [0.29, 0.717) is 0 Å². The molecule has 1 aromatic rings. The van der Waals surface area contributed by atoms with Crippen LogP contribution in [-0.4, -0.2) is 30.3 Å². The molecule has 0 spiro atoms. The van der Waals surface area contributed by atoms with E-state index in [1.165, 1.54) is 12.1 Å². The van der Waals surface area contributed by atoms with Crippen LogP contribution in [0.5, 0.6) is 5.75 Å². The van der Waals surface area contributed by atoms with Crippen LogP contribution in [0.15, 0.2) is 24.3 Å². The van der Waals surface area contributed by atoms with Crippen LogP contribution in [0.4, 0.5) is 13.2 Å². The fraction of sp³-hybridized carbons (Fsp3) is 0.533. The molecule has 122 valence electrons. The fourth-order valence-electron chi connectivity index (χ4n) is 2.02. The Bertz CT molecular complexity index is 498. The molecule has 0 unspecified atom stereocenters. The van der Waals surface area contributed by atoms with Crippen molar-refractivity contribution in [3.8, 4) is 5.75 Å². The normalized spacial score (nSPS) is 16.7. The number of halogens is 3. The summed E-state index contributed by atoms with van der Waals surface area (Å²) in [6, 6.07) is 4.23.